The number of halogens is 3. The molecule has 4 heteroatoms. The fourth-order valence-electron chi connectivity index (χ4n) is 3.61. The lowest BCUT2D eigenvalue weighted by Gasteiger charge is -2.47. The zero-order chi connectivity index (χ0) is 15.4. The van der Waals surface area contributed by atoms with Crippen LogP contribution in [-0.4, -0.2) is 6.04 Å². The quantitative estimate of drug-likeness (QED) is 0.698. The van der Waals surface area contributed by atoms with E-state index in [-0.39, 0.29) is 6.04 Å². The molecule has 1 aromatic rings. The van der Waals surface area contributed by atoms with Crippen LogP contribution in [0.25, 0.3) is 0 Å². The Morgan fingerprint density at radius 2 is 1.86 bits per heavy atom. The van der Waals surface area contributed by atoms with Crippen molar-refractivity contribution in [1.29, 1.82) is 0 Å². The highest BCUT2D eigenvalue weighted by atomic mass is 19.4. The van der Waals surface area contributed by atoms with E-state index >= 15 is 0 Å². The van der Waals surface area contributed by atoms with Crippen molar-refractivity contribution < 1.29 is 13.2 Å². The fourth-order valence-corrected chi connectivity index (χ4v) is 3.61. The van der Waals surface area contributed by atoms with Crippen molar-refractivity contribution >= 4 is 5.69 Å². The minimum Gasteiger partial charge on any atom is -0.342 e. The lowest BCUT2D eigenvalue weighted by atomic mass is 9.78. The number of hydrogen-bond donors (Lipinski definition) is 0. The maximum Gasteiger partial charge on any atom is 0.418 e. The molecule has 0 aromatic heterocycles. The zero-order valence-electron chi connectivity index (χ0n) is 12.4. The second kappa shape index (κ2) is 4.79. The van der Waals surface area contributed by atoms with Gasteiger partial charge < -0.3 is 4.90 Å². The number of benzene rings is 1. The van der Waals surface area contributed by atoms with Gasteiger partial charge in [0.25, 0.3) is 0 Å². The highest BCUT2D eigenvalue weighted by molar-refractivity contribution is 5.68. The lowest BCUT2D eigenvalue weighted by Crippen LogP contribution is -2.45. The van der Waals surface area contributed by atoms with E-state index in [4.69, 9.17) is 0 Å². The first-order valence-electron chi connectivity index (χ1n) is 7.45. The van der Waals surface area contributed by atoms with Gasteiger partial charge in [0.2, 0.25) is 0 Å². The van der Waals surface area contributed by atoms with Gasteiger partial charge in [0.05, 0.1) is 11.3 Å². The van der Waals surface area contributed by atoms with Crippen LogP contribution < -0.4 is 4.90 Å². The zero-order valence-corrected chi connectivity index (χ0v) is 12.4. The second-order valence-corrected chi connectivity index (χ2v) is 6.48. The molecule has 1 aliphatic heterocycles. The summed E-state index contributed by atoms with van der Waals surface area (Å²) >= 11 is 0. The topological polar surface area (TPSA) is 3.24 Å². The van der Waals surface area contributed by atoms with Crippen LogP contribution in [0.3, 0.4) is 0 Å². The molecular formula is C17H20F3N. The first-order chi connectivity index (χ1) is 9.77. The van der Waals surface area contributed by atoms with Crippen LogP contribution in [0.5, 0.6) is 0 Å². The van der Waals surface area contributed by atoms with E-state index in [1.165, 1.54) is 6.07 Å². The van der Waals surface area contributed by atoms with Gasteiger partial charge in [-0.25, -0.2) is 0 Å². The molecule has 21 heavy (non-hydrogen) atoms. The molecular weight excluding hydrogens is 275 g/mol. The van der Waals surface area contributed by atoms with Gasteiger partial charge >= 0.3 is 6.18 Å². The Morgan fingerprint density at radius 3 is 2.43 bits per heavy atom. The molecule has 2 aliphatic rings. The number of nitrogens with zero attached hydrogens (tertiary/aromatic N) is 1. The van der Waals surface area contributed by atoms with Gasteiger partial charge in [-0.3, -0.25) is 0 Å². The van der Waals surface area contributed by atoms with E-state index in [1.54, 1.807) is 6.92 Å². The van der Waals surface area contributed by atoms with Gasteiger partial charge in [-0.1, -0.05) is 25.1 Å². The molecule has 1 heterocycles. The predicted octanol–water partition coefficient (Wildman–Crippen LogP) is 5.08. The molecule has 0 bridgehead atoms. The van der Waals surface area contributed by atoms with Crippen LogP contribution in [0.1, 0.15) is 42.9 Å². The van der Waals surface area contributed by atoms with E-state index in [2.05, 4.69) is 13.5 Å². The number of fused-ring (bicyclic) bond motifs is 1. The van der Waals surface area contributed by atoms with Gasteiger partial charge in [-0.2, -0.15) is 13.2 Å². The van der Waals surface area contributed by atoms with Gasteiger partial charge in [0.15, 0.2) is 0 Å². The number of aryl methyl sites for hydroxylation is 2. The first kappa shape index (κ1) is 14.5. The van der Waals surface area contributed by atoms with Crippen molar-refractivity contribution in [3.8, 4) is 0 Å². The van der Waals surface area contributed by atoms with Crippen LogP contribution in [0.15, 0.2) is 24.4 Å². The van der Waals surface area contributed by atoms with Crippen molar-refractivity contribution in [3.63, 3.8) is 0 Å². The normalized spacial score (nSPS) is 25.6. The molecule has 3 rings (SSSR count). The fraction of sp³-hybridized carbons (Fsp3) is 0.529. The van der Waals surface area contributed by atoms with Crippen LogP contribution in [0.2, 0.25) is 0 Å². The third-order valence-corrected chi connectivity index (χ3v) is 4.62. The first-order valence-corrected chi connectivity index (χ1v) is 7.45. The molecule has 1 aliphatic carbocycles. The molecule has 1 fully saturated rings. The van der Waals surface area contributed by atoms with Crippen molar-refractivity contribution in [1.82, 2.24) is 0 Å². The Hall–Kier alpha value is -1.45. The monoisotopic (exact) mass is 295 g/mol. The average Bonchev–Trinajstić information content (AvgIpc) is 2.34. The third kappa shape index (κ3) is 2.45. The molecule has 1 aromatic carbocycles. The molecule has 0 unspecified atom stereocenters. The summed E-state index contributed by atoms with van der Waals surface area (Å²) in [5.74, 6) is 0.591. The van der Waals surface area contributed by atoms with Gasteiger partial charge in [0, 0.05) is 11.7 Å². The van der Waals surface area contributed by atoms with Crippen LogP contribution in [-0.2, 0) is 12.6 Å². The third-order valence-electron chi connectivity index (χ3n) is 4.62. The summed E-state index contributed by atoms with van der Waals surface area (Å²) in [6.45, 7) is 7.90. The summed E-state index contributed by atoms with van der Waals surface area (Å²) in [6.07, 6.45) is -1.02. The Labute approximate surface area is 123 Å². The van der Waals surface area contributed by atoms with Gasteiger partial charge in [-0.05, 0) is 50.2 Å². The van der Waals surface area contributed by atoms with Crippen LogP contribution in [0, 0.1) is 12.8 Å². The van der Waals surface area contributed by atoms with Gasteiger partial charge in [0.1, 0.15) is 0 Å². The average molecular weight is 295 g/mol. The largest absolute Gasteiger partial charge is 0.418 e. The highest BCUT2D eigenvalue weighted by Gasteiger charge is 2.42. The Morgan fingerprint density at radius 1 is 1.19 bits per heavy atom. The molecule has 1 saturated carbocycles. The SMILES string of the molecule is C=C1CCc2cc(C)cc(C(F)(F)F)c2N1C1CC(C)C1. The number of rotatable bonds is 1. The molecule has 0 amide bonds. The van der Waals surface area contributed by atoms with E-state index in [0.29, 0.717) is 23.6 Å². The lowest BCUT2D eigenvalue weighted by molar-refractivity contribution is -0.137. The summed E-state index contributed by atoms with van der Waals surface area (Å²) in [5, 5.41) is 0. The Balaban J connectivity index is 2.13. The number of alkyl halides is 3. The Bertz CT molecular complexity index is 582. The van der Waals surface area contributed by atoms with E-state index in [0.717, 1.165) is 30.5 Å². The number of anilines is 1. The van der Waals surface area contributed by atoms with Crippen LogP contribution >= 0.6 is 0 Å². The summed E-state index contributed by atoms with van der Waals surface area (Å²) in [5.41, 5.74) is 2.18. The molecule has 0 atom stereocenters. The van der Waals surface area contributed by atoms with Crippen molar-refractivity contribution in [2.24, 2.45) is 5.92 Å². The minimum atomic E-state index is -4.32. The van der Waals surface area contributed by atoms with E-state index in [1.807, 2.05) is 11.0 Å². The molecule has 0 N–H and O–H groups in total. The van der Waals surface area contributed by atoms with Crippen molar-refractivity contribution in [2.75, 3.05) is 4.90 Å². The predicted molar refractivity (Wildman–Crippen MR) is 78.3 cm³/mol. The summed E-state index contributed by atoms with van der Waals surface area (Å²) in [4.78, 5) is 1.88. The smallest absolute Gasteiger partial charge is 0.342 e. The summed E-state index contributed by atoms with van der Waals surface area (Å²) in [6, 6.07) is 3.34. The highest BCUT2D eigenvalue weighted by Crippen LogP contribution is 2.47. The van der Waals surface area contributed by atoms with Crippen molar-refractivity contribution in [3.05, 3.63) is 41.1 Å². The molecule has 0 spiro atoms. The maximum atomic E-state index is 13.5. The molecule has 0 saturated heterocycles. The Kier molecular flexibility index (Phi) is 3.30. The van der Waals surface area contributed by atoms with Gasteiger partial charge in [-0.15, -0.1) is 0 Å². The standard InChI is InChI=1S/C17H20F3N/c1-10-6-13-5-4-12(3)21(14-7-11(2)8-14)16(13)15(9-10)17(18,19)20/h6,9,11,14H,3-5,7-8H2,1-2H3. The van der Waals surface area contributed by atoms with E-state index in [9.17, 15) is 13.2 Å². The molecule has 114 valence electrons. The molecule has 1 nitrogen and oxygen atoms in total. The minimum absolute atomic E-state index is 0.176. The number of hydrogen-bond acceptors (Lipinski definition) is 1. The summed E-state index contributed by atoms with van der Waals surface area (Å²) in [7, 11) is 0. The molecule has 0 radical (unpaired) electrons. The maximum absolute atomic E-state index is 13.5. The summed E-state index contributed by atoms with van der Waals surface area (Å²) < 4.78 is 40.4. The van der Waals surface area contributed by atoms with E-state index < -0.39 is 11.7 Å². The van der Waals surface area contributed by atoms with Crippen molar-refractivity contribution in [2.45, 2.75) is 51.7 Å². The number of allylic oxidation sites excluding steroid dienone is 1. The second-order valence-electron chi connectivity index (χ2n) is 6.48. The van der Waals surface area contributed by atoms with Crippen LogP contribution in [0.4, 0.5) is 18.9 Å².